The van der Waals surface area contributed by atoms with E-state index in [0.29, 0.717) is 36.9 Å². The Morgan fingerprint density at radius 1 is 1.03 bits per heavy atom. The quantitative estimate of drug-likeness (QED) is 0.731. The van der Waals surface area contributed by atoms with E-state index in [1.165, 1.54) is 12.8 Å². The van der Waals surface area contributed by atoms with E-state index in [9.17, 15) is 8.42 Å². The van der Waals surface area contributed by atoms with Crippen molar-refractivity contribution in [2.24, 2.45) is 0 Å². The molecule has 29 heavy (non-hydrogen) atoms. The van der Waals surface area contributed by atoms with E-state index in [0.717, 1.165) is 43.6 Å². The second-order valence-corrected chi connectivity index (χ2v) is 10.3. The Hall–Kier alpha value is -1.94. The molecule has 2 fully saturated rings. The topological polar surface area (TPSA) is 133 Å². The summed E-state index contributed by atoms with van der Waals surface area (Å²) in [4.78, 5) is 13.4. The van der Waals surface area contributed by atoms with Crippen LogP contribution in [0, 0.1) is 0 Å². The normalized spacial score (nSPS) is 20.0. The van der Waals surface area contributed by atoms with Gasteiger partial charge < -0.3 is 16.0 Å². The van der Waals surface area contributed by atoms with Crippen LogP contribution < -0.4 is 11.5 Å². The van der Waals surface area contributed by atoms with Crippen LogP contribution in [0.3, 0.4) is 0 Å². The molecular formula is C19H31N7O2S. The van der Waals surface area contributed by atoms with Crippen LogP contribution in [-0.4, -0.2) is 51.1 Å². The number of aromatic nitrogens is 4. The molecule has 160 valence electrons. The van der Waals surface area contributed by atoms with Gasteiger partial charge in [-0.25, -0.2) is 17.7 Å². The van der Waals surface area contributed by atoms with Gasteiger partial charge in [0.1, 0.15) is 5.82 Å². The van der Waals surface area contributed by atoms with Gasteiger partial charge >= 0.3 is 0 Å². The fourth-order valence-corrected chi connectivity index (χ4v) is 6.37. The average Bonchev–Trinajstić information content (AvgIpc) is 3.34. The molecular weight excluding hydrogens is 390 g/mol. The molecule has 0 aromatic carbocycles. The number of nitrogens with zero attached hydrogens (tertiary/aromatic N) is 5. The van der Waals surface area contributed by atoms with E-state index in [4.69, 9.17) is 16.5 Å². The van der Waals surface area contributed by atoms with Crippen molar-refractivity contribution in [2.45, 2.75) is 70.3 Å². The Kier molecular flexibility index (Phi) is 5.65. The predicted molar refractivity (Wildman–Crippen MR) is 114 cm³/mol. The molecule has 4 rings (SSSR count). The molecule has 1 aliphatic carbocycles. The van der Waals surface area contributed by atoms with Crippen LogP contribution in [-0.2, 0) is 10.0 Å². The van der Waals surface area contributed by atoms with Gasteiger partial charge in [-0.05, 0) is 32.1 Å². The van der Waals surface area contributed by atoms with E-state index in [1.54, 1.807) is 4.31 Å². The van der Waals surface area contributed by atoms with Crippen LogP contribution in [0.4, 0.5) is 11.8 Å². The summed E-state index contributed by atoms with van der Waals surface area (Å²) in [6.07, 6.45) is 7.65. The second-order valence-electron chi connectivity index (χ2n) is 8.26. The van der Waals surface area contributed by atoms with Crippen molar-refractivity contribution in [2.75, 3.05) is 30.3 Å². The van der Waals surface area contributed by atoms with Crippen molar-refractivity contribution >= 4 is 33.0 Å². The van der Waals surface area contributed by atoms with Crippen LogP contribution in [0.25, 0.3) is 11.2 Å². The molecule has 0 radical (unpaired) electrons. The molecule has 0 amide bonds. The first-order valence-electron chi connectivity index (χ1n) is 10.7. The standard InChI is InChI=1S/C19H31N7O2S/c1-2-3-12-29(27,28)25-10-8-13(9-11-25)17-22-15-16(20)23-19(21)24-18(15)26(17)14-6-4-5-7-14/h13-14H,2-12H2,1H3,(H4,20,21,23,24). The van der Waals surface area contributed by atoms with Crippen LogP contribution >= 0.6 is 0 Å². The fraction of sp³-hybridized carbons (Fsp3) is 0.737. The summed E-state index contributed by atoms with van der Waals surface area (Å²) in [5.41, 5.74) is 13.3. The molecule has 0 atom stereocenters. The van der Waals surface area contributed by atoms with Crippen LogP contribution in [0.5, 0.6) is 0 Å². The van der Waals surface area contributed by atoms with Crippen molar-refractivity contribution in [1.82, 2.24) is 23.8 Å². The van der Waals surface area contributed by atoms with Crippen molar-refractivity contribution in [3.63, 3.8) is 0 Å². The molecule has 2 aromatic heterocycles. The monoisotopic (exact) mass is 421 g/mol. The number of hydrogen-bond acceptors (Lipinski definition) is 7. The van der Waals surface area contributed by atoms with Crippen molar-refractivity contribution in [3.8, 4) is 0 Å². The van der Waals surface area contributed by atoms with Gasteiger partial charge in [0.25, 0.3) is 0 Å². The van der Waals surface area contributed by atoms with E-state index >= 15 is 0 Å². The molecule has 1 aliphatic heterocycles. The first kappa shape index (κ1) is 20.3. The zero-order valence-electron chi connectivity index (χ0n) is 17.0. The zero-order valence-corrected chi connectivity index (χ0v) is 17.9. The number of unbranched alkanes of at least 4 members (excludes halogenated alkanes) is 1. The van der Waals surface area contributed by atoms with E-state index in [-0.39, 0.29) is 17.6 Å². The Morgan fingerprint density at radius 2 is 1.72 bits per heavy atom. The third kappa shape index (κ3) is 3.92. The summed E-state index contributed by atoms with van der Waals surface area (Å²) in [6.45, 7) is 3.08. The van der Waals surface area contributed by atoms with E-state index in [1.807, 2.05) is 6.92 Å². The number of rotatable bonds is 6. The lowest BCUT2D eigenvalue weighted by Gasteiger charge is -2.31. The van der Waals surface area contributed by atoms with Crippen LogP contribution in [0.15, 0.2) is 0 Å². The zero-order chi connectivity index (χ0) is 20.6. The molecule has 9 nitrogen and oxygen atoms in total. The minimum atomic E-state index is -3.17. The lowest BCUT2D eigenvalue weighted by atomic mass is 9.97. The maximum absolute atomic E-state index is 12.5. The number of imidazole rings is 1. The number of fused-ring (bicyclic) bond motifs is 1. The van der Waals surface area contributed by atoms with Gasteiger partial charge in [-0.1, -0.05) is 26.2 Å². The summed E-state index contributed by atoms with van der Waals surface area (Å²) in [5.74, 6) is 1.86. The highest BCUT2D eigenvalue weighted by Gasteiger charge is 2.33. The highest BCUT2D eigenvalue weighted by Crippen LogP contribution is 2.38. The summed E-state index contributed by atoms with van der Waals surface area (Å²) >= 11 is 0. The minimum Gasteiger partial charge on any atom is -0.382 e. The van der Waals surface area contributed by atoms with Gasteiger partial charge in [0, 0.05) is 25.0 Å². The van der Waals surface area contributed by atoms with Crippen LogP contribution in [0.2, 0.25) is 0 Å². The number of nitrogens with two attached hydrogens (primary N) is 2. The summed E-state index contributed by atoms with van der Waals surface area (Å²) in [7, 11) is -3.17. The first-order valence-corrected chi connectivity index (χ1v) is 12.3. The molecule has 2 aliphatic rings. The summed E-state index contributed by atoms with van der Waals surface area (Å²) in [6, 6.07) is 0.343. The molecule has 4 N–H and O–H groups in total. The predicted octanol–water partition coefficient (Wildman–Crippen LogP) is 2.42. The van der Waals surface area contributed by atoms with E-state index < -0.39 is 10.0 Å². The number of sulfonamides is 1. The van der Waals surface area contributed by atoms with Crippen LogP contribution in [0.1, 0.15) is 76.1 Å². The Balaban J connectivity index is 1.63. The largest absolute Gasteiger partial charge is 0.382 e. The molecule has 2 aromatic rings. The Bertz CT molecular complexity index is 974. The minimum absolute atomic E-state index is 0.164. The third-order valence-electron chi connectivity index (χ3n) is 6.27. The number of piperidine rings is 1. The molecule has 0 unspecified atom stereocenters. The number of nitrogen functional groups attached to an aromatic ring is 2. The van der Waals surface area contributed by atoms with Crippen molar-refractivity contribution in [1.29, 1.82) is 0 Å². The van der Waals surface area contributed by atoms with Gasteiger partial charge in [-0.2, -0.15) is 9.97 Å². The fourth-order valence-electron chi connectivity index (χ4n) is 4.69. The Morgan fingerprint density at radius 3 is 2.38 bits per heavy atom. The highest BCUT2D eigenvalue weighted by molar-refractivity contribution is 7.89. The van der Waals surface area contributed by atoms with Gasteiger partial charge in [-0.3, -0.25) is 0 Å². The van der Waals surface area contributed by atoms with Gasteiger partial charge in [0.15, 0.2) is 17.0 Å². The van der Waals surface area contributed by atoms with Gasteiger partial charge in [-0.15, -0.1) is 0 Å². The lowest BCUT2D eigenvalue weighted by Crippen LogP contribution is -2.39. The maximum atomic E-state index is 12.5. The highest BCUT2D eigenvalue weighted by atomic mass is 32.2. The summed E-state index contributed by atoms with van der Waals surface area (Å²) in [5, 5.41) is 0. The number of anilines is 2. The second kappa shape index (κ2) is 8.06. The average molecular weight is 422 g/mol. The lowest BCUT2D eigenvalue weighted by molar-refractivity contribution is 0.306. The van der Waals surface area contributed by atoms with Crippen molar-refractivity contribution < 1.29 is 8.42 Å². The molecule has 1 saturated carbocycles. The molecule has 3 heterocycles. The molecule has 0 bridgehead atoms. The molecule has 1 saturated heterocycles. The molecule has 0 spiro atoms. The van der Waals surface area contributed by atoms with Gasteiger partial charge in [0.2, 0.25) is 16.0 Å². The molecule has 10 heteroatoms. The third-order valence-corrected chi connectivity index (χ3v) is 8.23. The number of hydrogen-bond donors (Lipinski definition) is 2. The van der Waals surface area contributed by atoms with E-state index in [2.05, 4.69) is 14.5 Å². The Labute approximate surface area is 171 Å². The smallest absolute Gasteiger partial charge is 0.224 e. The van der Waals surface area contributed by atoms with Crippen molar-refractivity contribution in [3.05, 3.63) is 5.82 Å². The maximum Gasteiger partial charge on any atom is 0.224 e. The summed E-state index contributed by atoms with van der Waals surface area (Å²) < 4.78 is 29.0. The first-order chi connectivity index (χ1) is 13.9. The van der Waals surface area contributed by atoms with Gasteiger partial charge in [0.05, 0.1) is 5.75 Å². The SMILES string of the molecule is CCCCS(=O)(=O)N1CCC(c2nc3c(N)nc(N)nc3n2C2CCCC2)CC1.